The molecule has 0 heterocycles. The zero-order valence-corrected chi connectivity index (χ0v) is 8.09. The summed E-state index contributed by atoms with van der Waals surface area (Å²) in [4.78, 5) is 0. The van der Waals surface area contributed by atoms with Crippen LogP contribution in [-0.4, -0.2) is 5.54 Å². The first-order chi connectivity index (χ1) is 5.42. The lowest BCUT2D eigenvalue weighted by molar-refractivity contribution is 0.644. The van der Waals surface area contributed by atoms with Crippen molar-refractivity contribution in [3.63, 3.8) is 0 Å². The van der Waals surface area contributed by atoms with Crippen LogP contribution in [0, 0.1) is 0 Å². The van der Waals surface area contributed by atoms with Crippen molar-refractivity contribution in [3.8, 4) is 0 Å². The molecule has 0 saturated carbocycles. The molecule has 12 heavy (non-hydrogen) atoms. The SMILES string of the molecule is C=C(C)C(C)(N)/C(C)=C/C=C/N. The van der Waals surface area contributed by atoms with Gasteiger partial charge in [-0.2, -0.15) is 0 Å². The van der Waals surface area contributed by atoms with Gasteiger partial charge in [0.2, 0.25) is 0 Å². The molecule has 1 atom stereocenters. The summed E-state index contributed by atoms with van der Waals surface area (Å²) in [5, 5.41) is 0. The number of nitrogens with two attached hydrogens (primary N) is 2. The molecule has 1 unspecified atom stereocenters. The third-order valence-corrected chi connectivity index (χ3v) is 2.16. The van der Waals surface area contributed by atoms with Gasteiger partial charge in [-0.15, -0.1) is 0 Å². The molecule has 68 valence electrons. The molecule has 0 aliphatic carbocycles. The van der Waals surface area contributed by atoms with Crippen molar-refractivity contribution >= 4 is 0 Å². The van der Waals surface area contributed by atoms with Crippen LogP contribution < -0.4 is 11.5 Å². The minimum Gasteiger partial charge on any atom is -0.405 e. The molecule has 0 radical (unpaired) electrons. The highest BCUT2D eigenvalue weighted by Gasteiger charge is 2.20. The molecule has 0 aliphatic heterocycles. The summed E-state index contributed by atoms with van der Waals surface area (Å²) < 4.78 is 0. The van der Waals surface area contributed by atoms with E-state index in [1.54, 1.807) is 6.08 Å². The summed E-state index contributed by atoms with van der Waals surface area (Å²) in [6.45, 7) is 9.66. The van der Waals surface area contributed by atoms with E-state index < -0.39 is 5.54 Å². The van der Waals surface area contributed by atoms with Crippen molar-refractivity contribution in [1.82, 2.24) is 0 Å². The van der Waals surface area contributed by atoms with E-state index in [1.165, 1.54) is 6.20 Å². The maximum atomic E-state index is 6.00. The summed E-state index contributed by atoms with van der Waals surface area (Å²) >= 11 is 0. The van der Waals surface area contributed by atoms with Crippen LogP contribution in [0.15, 0.2) is 36.1 Å². The number of rotatable bonds is 3. The molecule has 2 heteroatoms. The van der Waals surface area contributed by atoms with Crippen LogP contribution in [0.5, 0.6) is 0 Å². The summed E-state index contributed by atoms with van der Waals surface area (Å²) in [5.41, 5.74) is 12.8. The van der Waals surface area contributed by atoms with Crippen LogP contribution in [0.3, 0.4) is 0 Å². The lowest BCUT2D eigenvalue weighted by Gasteiger charge is -2.26. The molecule has 0 rings (SSSR count). The van der Waals surface area contributed by atoms with Gasteiger partial charge < -0.3 is 11.5 Å². The predicted molar refractivity (Wildman–Crippen MR) is 54.5 cm³/mol. The van der Waals surface area contributed by atoms with Gasteiger partial charge >= 0.3 is 0 Å². The van der Waals surface area contributed by atoms with Crippen molar-refractivity contribution in [2.24, 2.45) is 11.5 Å². The van der Waals surface area contributed by atoms with Crippen LogP contribution in [-0.2, 0) is 0 Å². The van der Waals surface area contributed by atoms with Crippen LogP contribution in [0.2, 0.25) is 0 Å². The molecule has 0 bridgehead atoms. The first-order valence-electron chi connectivity index (χ1n) is 3.93. The normalized spacial score (nSPS) is 17.8. The van der Waals surface area contributed by atoms with Crippen molar-refractivity contribution in [2.45, 2.75) is 26.3 Å². The monoisotopic (exact) mass is 166 g/mol. The van der Waals surface area contributed by atoms with Gasteiger partial charge in [0.1, 0.15) is 0 Å². The van der Waals surface area contributed by atoms with E-state index in [0.717, 1.165) is 11.1 Å². The molecule has 0 aromatic carbocycles. The van der Waals surface area contributed by atoms with E-state index in [-0.39, 0.29) is 0 Å². The Labute approximate surface area is 74.6 Å². The van der Waals surface area contributed by atoms with E-state index >= 15 is 0 Å². The average molecular weight is 166 g/mol. The van der Waals surface area contributed by atoms with Gasteiger partial charge in [-0.05, 0) is 38.6 Å². The zero-order chi connectivity index (χ0) is 9.78. The fraction of sp³-hybridized carbons (Fsp3) is 0.400. The maximum Gasteiger partial charge on any atom is 0.0550 e. The first-order valence-corrected chi connectivity index (χ1v) is 3.93. The lowest BCUT2D eigenvalue weighted by atomic mass is 9.87. The highest BCUT2D eigenvalue weighted by atomic mass is 14.7. The summed E-state index contributed by atoms with van der Waals surface area (Å²) in [7, 11) is 0. The lowest BCUT2D eigenvalue weighted by Crippen LogP contribution is -2.38. The van der Waals surface area contributed by atoms with Gasteiger partial charge in [0.05, 0.1) is 5.54 Å². The third-order valence-electron chi connectivity index (χ3n) is 2.16. The van der Waals surface area contributed by atoms with E-state index in [2.05, 4.69) is 6.58 Å². The Bertz CT molecular complexity index is 222. The first kappa shape index (κ1) is 11.0. The van der Waals surface area contributed by atoms with Crippen LogP contribution >= 0.6 is 0 Å². The number of allylic oxidation sites excluding steroid dienone is 2. The van der Waals surface area contributed by atoms with E-state index in [4.69, 9.17) is 11.5 Å². The van der Waals surface area contributed by atoms with Gasteiger partial charge in [-0.1, -0.05) is 18.2 Å². The van der Waals surface area contributed by atoms with Crippen molar-refractivity contribution in [3.05, 3.63) is 36.1 Å². The second-order valence-corrected chi connectivity index (χ2v) is 3.22. The van der Waals surface area contributed by atoms with E-state index in [9.17, 15) is 0 Å². The summed E-state index contributed by atoms with van der Waals surface area (Å²) in [6.07, 6.45) is 5.15. The van der Waals surface area contributed by atoms with E-state index in [0.29, 0.717) is 0 Å². The fourth-order valence-electron chi connectivity index (χ4n) is 0.710. The third kappa shape index (κ3) is 2.55. The van der Waals surface area contributed by atoms with Gasteiger partial charge in [-0.3, -0.25) is 0 Å². The molecule has 0 aliphatic rings. The fourth-order valence-corrected chi connectivity index (χ4v) is 0.710. The number of hydrogen-bond donors (Lipinski definition) is 2. The molecule has 0 spiro atoms. The van der Waals surface area contributed by atoms with Crippen molar-refractivity contribution in [2.75, 3.05) is 0 Å². The standard InChI is InChI=1S/C10H18N2/c1-8(2)10(4,12)9(3)6-5-7-11/h5-7H,1,11-12H2,2-4H3/b7-5+,9-6+. The average Bonchev–Trinajstić information content (AvgIpc) is 1.99. The Kier molecular flexibility index (Phi) is 3.77. The molecule has 0 aromatic heterocycles. The highest BCUT2D eigenvalue weighted by Crippen LogP contribution is 2.20. The van der Waals surface area contributed by atoms with E-state index in [1.807, 2.05) is 26.8 Å². The maximum absolute atomic E-state index is 6.00. The Morgan fingerprint density at radius 3 is 2.25 bits per heavy atom. The molecule has 0 aromatic rings. The largest absolute Gasteiger partial charge is 0.405 e. The molecular weight excluding hydrogens is 148 g/mol. The molecule has 0 amide bonds. The van der Waals surface area contributed by atoms with Gasteiger partial charge in [0, 0.05) is 0 Å². The van der Waals surface area contributed by atoms with Crippen molar-refractivity contribution < 1.29 is 0 Å². The molecule has 4 N–H and O–H groups in total. The Morgan fingerprint density at radius 1 is 1.42 bits per heavy atom. The van der Waals surface area contributed by atoms with Gasteiger partial charge in [-0.25, -0.2) is 0 Å². The van der Waals surface area contributed by atoms with Crippen LogP contribution in [0.4, 0.5) is 0 Å². The minimum absolute atomic E-state index is 0.431. The second kappa shape index (κ2) is 4.12. The quantitative estimate of drug-likeness (QED) is 0.495. The van der Waals surface area contributed by atoms with Crippen LogP contribution in [0.1, 0.15) is 20.8 Å². The molecule has 0 saturated heterocycles. The molecule has 2 nitrogen and oxygen atoms in total. The highest BCUT2D eigenvalue weighted by molar-refractivity contribution is 5.31. The minimum atomic E-state index is -0.431. The second-order valence-electron chi connectivity index (χ2n) is 3.22. The molecular formula is C10H18N2. The van der Waals surface area contributed by atoms with Crippen molar-refractivity contribution in [1.29, 1.82) is 0 Å². The van der Waals surface area contributed by atoms with Gasteiger partial charge in [0.25, 0.3) is 0 Å². The Morgan fingerprint density at radius 2 is 1.92 bits per heavy atom. The van der Waals surface area contributed by atoms with Crippen LogP contribution in [0.25, 0.3) is 0 Å². The topological polar surface area (TPSA) is 52.0 Å². The Hall–Kier alpha value is -1.02. The van der Waals surface area contributed by atoms with Gasteiger partial charge in [0.15, 0.2) is 0 Å². The Balaban J connectivity index is 4.67. The molecule has 0 fully saturated rings. The zero-order valence-electron chi connectivity index (χ0n) is 8.09. The summed E-state index contributed by atoms with van der Waals surface area (Å²) in [5.74, 6) is 0. The predicted octanol–water partition coefficient (Wildman–Crippen LogP) is 1.70. The smallest absolute Gasteiger partial charge is 0.0550 e. The summed E-state index contributed by atoms with van der Waals surface area (Å²) in [6, 6.07) is 0. The number of hydrogen-bond acceptors (Lipinski definition) is 2.